The molecule has 0 radical (unpaired) electrons. The Kier molecular flexibility index (Phi) is 5.21. The van der Waals surface area contributed by atoms with Crippen molar-refractivity contribution in [3.63, 3.8) is 0 Å². The minimum absolute atomic E-state index is 0.0579. The number of rotatable bonds is 2. The van der Waals surface area contributed by atoms with Crippen molar-refractivity contribution in [3.05, 3.63) is 28.8 Å². The first-order valence-corrected chi connectivity index (χ1v) is 7.38. The molecule has 1 saturated heterocycles. The SMILES string of the molecule is NC(N)=NC(N)=Nc1ccc(C(=O)N2CCCCC2)c(Cl)c1. The summed E-state index contributed by atoms with van der Waals surface area (Å²) < 4.78 is 0. The van der Waals surface area contributed by atoms with E-state index in [-0.39, 0.29) is 17.8 Å². The summed E-state index contributed by atoms with van der Waals surface area (Å²) in [6.07, 6.45) is 3.22. The van der Waals surface area contributed by atoms with Gasteiger partial charge in [-0.1, -0.05) is 11.6 Å². The summed E-state index contributed by atoms with van der Waals surface area (Å²) in [5.74, 6) is -0.312. The van der Waals surface area contributed by atoms with Gasteiger partial charge in [0, 0.05) is 13.1 Å². The van der Waals surface area contributed by atoms with Gasteiger partial charge in [-0.2, -0.15) is 4.99 Å². The van der Waals surface area contributed by atoms with Crippen LogP contribution in [0.2, 0.25) is 5.02 Å². The molecule has 1 aliphatic heterocycles. The highest BCUT2D eigenvalue weighted by Gasteiger charge is 2.20. The van der Waals surface area contributed by atoms with Crippen LogP contribution in [0.4, 0.5) is 5.69 Å². The molecule has 0 aromatic heterocycles. The third-order valence-corrected chi connectivity index (χ3v) is 3.63. The number of carbonyl (C=O) groups excluding carboxylic acids is 1. The molecule has 7 nitrogen and oxygen atoms in total. The Morgan fingerprint density at radius 2 is 1.82 bits per heavy atom. The number of halogens is 1. The van der Waals surface area contributed by atoms with Crippen LogP contribution < -0.4 is 17.2 Å². The van der Waals surface area contributed by atoms with Crippen LogP contribution in [0.5, 0.6) is 0 Å². The van der Waals surface area contributed by atoms with Crippen LogP contribution in [0.3, 0.4) is 0 Å². The van der Waals surface area contributed by atoms with Crippen molar-refractivity contribution in [3.8, 4) is 0 Å². The van der Waals surface area contributed by atoms with E-state index < -0.39 is 0 Å². The Hall–Kier alpha value is -2.28. The van der Waals surface area contributed by atoms with Crippen LogP contribution in [0.25, 0.3) is 0 Å². The molecule has 1 aliphatic rings. The van der Waals surface area contributed by atoms with E-state index in [4.69, 9.17) is 28.8 Å². The third kappa shape index (κ3) is 4.11. The molecular formula is C14H19ClN6O. The zero-order valence-electron chi connectivity index (χ0n) is 12.1. The lowest BCUT2D eigenvalue weighted by Gasteiger charge is -2.27. The lowest BCUT2D eigenvalue weighted by Crippen LogP contribution is -2.35. The predicted octanol–water partition coefficient (Wildman–Crippen LogP) is 1.19. The molecule has 0 spiro atoms. The molecule has 0 unspecified atom stereocenters. The fraction of sp³-hybridized carbons (Fsp3) is 0.357. The highest BCUT2D eigenvalue weighted by Crippen LogP contribution is 2.25. The van der Waals surface area contributed by atoms with Crippen LogP contribution in [-0.4, -0.2) is 35.8 Å². The molecule has 22 heavy (non-hydrogen) atoms. The fourth-order valence-electron chi connectivity index (χ4n) is 2.30. The Morgan fingerprint density at radius 3 is 2.41 bits per heavy atom. The van der Waals surface area contributed by atoms with E-state index in [1.165, 1.54) is 0 Å². The van der Waals surface area contributed by atoms with E-state index in [1.54, 1.807) is 18.2 Å². The monoisotopic (exact) mass is 322 g/mol. The van der Waals surface area contributed by atoms with Gasteiger partial charge in [0.2, 0.25) is 5.96 Å². The molecule has 1 amide bonds. The molecule has 1 aromatic carbocycles. The van der Waals surface area contributed by atoms with Crippen molar-refractivity contribution in [2.24, 2.45) is 27.2 Å². The highest BCUT2D eigenvalue weighted by atomic mass is 35.5. The summed E-state index contributed by atoms with van der Waals surface area (Å²) in [5, 5.41) is 0.328. The predicted molar refractivity (Wildman–Crippen MR) is 88.3 cm³/mol. The number of guanidine groups is 2. The van der Waals surface area contributed by atoms with Gasteiger partial charge in [0.15, 0.2) is 5.96 Å². The summed E-state index contributed by atoms with van der Waals surface area (Å²) in [4.78, 5) is 21.9. The van der Waals surface area contributed by atoms with E-state index in [9.17, 15) is 4.79 Å². The van der Waals surface area contributed by atoms with Gasteiger partial charge in [-0.3, -0.25) is 4.79 Å². The summed E-state index contributed by atoms with van der Waals surface area (Å²) >= 11 is 6.19. The number of nitrogens with zero attached hydrogens (tertiary/aromatic N) is 3. The van der Waals surface area contributed by atoms with Gasteiger partial charge >= 0.3 is 0 Å². The van der Waals surface area contributed by atoms with Crippen molar-refractivity contribution in [2.75, 3.05) is 13.1 Å². The van der Waals surface area contributed by atoms with E-state index in [0.29, 0.717) is 16.3 Å². The third-order valence-electron chi connectivity index (χ3n) is 3.31. The summed E-state index contributed by atoms with van der Waals surface area (Å²) in [6.45, 7) is 1.54. The number of benzene rings is 1. The quantitative estimate of drug-likeness (QED) is 0.558. The number of amides is 1. The second-order valence-electron chi connectivity index (χ2n) is 5.02. The molecule has 0 saturated carbocycles. The molecule has 1 heterocycles. The van der Waals surface area contributed by atoms with E-state index in [0.717, 1.165) is 32.4 Å². The van der Waals surface area contributed by atoms with E-state index in [1.807, 2.05) is 4.90 Å². The van der Waals surface area contributed by atoms with Gasteiger partial charge in [-0.05, 0) is 37.5 Å². The van der Waals surface area contributed by atoms with Gasteiger partial charge in [-0.25, -0.2) is 4.99 Å². The van der Waals surface area contributed by atoms with Crippen molar-refractivity contribution in [1.82, 2.24) is 4.90 Å². The first-order valence-electron chi connectivity index (χ1n) is 7.00. The summed E-state index contributed by atoms with van der Waals surface area (Å²) in [7, 11) is 0. The molecule has 2 rings (SSSR count). The van der Waals surface area contributed by atoms with Crippen LogP contribution in [0, 0.1) is 0 Å². The number of aliphatic imine (C=N–C) groups is 2. The number of hydrogen-bond donors (Lipinski definition) is 3. The molecule has 118 valence electrons. The lowest BCUT2D eigenvalue weighted by atomic mass is 10.1. The summed E-state index contributed by atoms with van der Waals surface area (Å²) in [6, 6.07) is 4.85. The van der Waals surface area contributed by atoms with Crippen LogP contribution in [0.1, 0.15) is 29.6 Å². The number of likely N-dealkylation sites (tertiary alicyclic amines) is 1. The van der Waals surface area contributed by atoms with Gasteiger partial charge in [0.05, 0.1) is 16.3 Å². The molecular weight excluding hydrogens is 304 g/mol. The van der Waals surface area contributed by atoms with Gasteiger partial charge in [0.25, 0.3) is 5.91 Å². The standard InChI is InChI=1S/C14H19ClN6O/c15-11-8-9(19-14(18)20-13(16)17)4-5-10(11)12(22)21-6-2-1-3-7-21/h4-5,8H,1-3,6-7H2,(H6,16,17,18,19,20). The lowest BCUT2D eigenvalue weighted by molar-refractivity contribution is 0.0724. The minimum atomic E-state index is -0.177. The maximum absolute atomic E-state index is 12.4. The van der Waals surface area contributed by atoms with Gasteiger partial charge < -0.3 is 22.1 Å². The Bertz CT molecular complexity index is 618. The summed E-state index contributed by atoms with van der Waals surface area (Å²) in [5.41, 5.74) is 16.9. The molecule has 1 aromatic rings. The van der Waals surface area contributed by atoms with Crippen molar-refractivity contribution >= 4 is 35.1 Å². The molecule has 8 heteroatoms. The van der Waals surface area contributed by atoms with Gasteiger partial charge in [0.1, 0.15) is 0 Å². The first kappa shape index (κ1) is 16.1. The number of hydrogen-bond acceptors (Lipinski definition) is 2. The zero-order chi connectivity index (χ0) is 16.1. The van der Waals surface area contributed by atoms with Crippen molar-refractivity contribution in [2.45, 2.75) is 19.3 Å². The molecule has 6 N–H and O–H groups in total. The molecule has 0 atom stereocenters. The smallest absolute Gasteiger partial charge is 0.255 e. The number of piperidine rings is 1. The van der Waals surface area contributed by atoms with Crippen molar-refractivity contribution < 1.29 is 4.79 Å². The topological polar surface area (TPSA) is 123 Å². The number of carbonyl (C=O) groups is 1. The largest absolute Gasteiger partial charge is 0.370 e. The minimum Gasteiger partial charge on any atom is -0.370 e. The molecule has 1 fully saturated rings. The van der Waals surface area contributed by atoms with E-state index >= 15 is 0 Å². The highest BCUT2D eigenvalue weighted by molar-refractivity contribution is 6.34. The maximum Gasteiger partial charge on any atom is 0.255 e. The normalized spacial score (nSPS) is 15.5. The molecule has 0 bridgehead atoms. The fourth-order valence-corrected chi connectivity index (χ4v) is 2.56. The van der Waals surface area contributed by atoms with Crippen LogP contribution >= 0.6 is 11.6 Å². The first-order chi connectivity index (χ1) is 10.5. The second-order valence-corrected chi connectivity index (χ2v) is 5.43. The average molecular weight is 323 g/mol. The Labute approximate surface area is 133 Å². The van der Waals surface area contributed by atoms with E-state index in [2.05, 4.69) is 9.98 Å². The second kappa shape index (κ2) is 7.13. The number of nitrogens with two attached hydrogens (primary N) is 3. The van der Waals surface area contributed by atoms with Gasteiger partial charge in [-0.15, -0.1) is 0 Å². The zero-order valence-corrected chi connectivity index (χ0v) is 12.9. The Balaban J connectivity index is 2.19. The Morgan fingerprint density at radius 1 is 1.14 bits per heavy atom. The molecule has 0 aliphatic carbocycles. The van der Waals surface area contributed by atoms with Crippen molar-refractivity contribution in [1.29, 1.82) is 0 Å². The maximum atomic E-state index is 12.4. The van der Waals surface area contributed by atoms with Crippen LogP contribution in [0.15, 0.2) is 28.2 Å². The van der Waals surface area contributed by atoms with Crippen LogP contribution in [-0.2, 0) is 0 Å². The average Bonchev–Trinajstić information content (AvgIpc) is 2.46.